The first-order valence-electron chi connectivity index (χ1n) is 7.01. The topological polar surface area (TPSA) is 75.4 Å². The number of carboxylic acids is 1. The van der Waals surface area contributed by atoms with Gasteiger partial charge in [-0.05, 0) is 36.6 Å². The predicted octanol–water partition coefficient (Wildman–Crippen LogP) is 3.21. The molecule has 0 saturated heterocycles. The summed E-state index contributed by atoms with van der Waals surface area (Å²) in [6.45, 7) is 4.70. The number of anilines is 1. The van der Waals surface area contributed by atoms with Gasteiger partial charge in [0.2, 0.25) is 0 Å². The lowest BCUT2D eigenvalue weighted by Crippen LogP contribution is -2.17. The summed E-state index contributed by atoms with van der Waals surface area (Å²) in [6, 6.07) is 5.39. The van der Waals surface area contributed by atoms with E-state index in [1.165, 1.54) is 0 Å². The van der Waals surface area contributed by atoms with Crippen LogP contribution in [0.15, 0.2) is 28.9 Å². The Kier molecular flexibility index (Phi) is 3.20. The summed E-state index contributed by atoms with van der Waals surface area (Å²) in [5.41, 5.74) is 2.25. The Morgan fingerprint density at radius 1 is 1.52 bits per heavy atom. The molecule has 0 amide bonds. The normalized spacial score (nSPS) is 15.7. The summed E-state index contributed by atoms with van der Waals surface area (Å²) in [5, 5.41) is 12.5. The lowest BCUT2D eigenvalue weighted by molar-refractivity contribution is 0.0697. The van der Waals surface area contributed by atoms with E-state index in [-0.39, 0.29) is 11.0 Å². The van der Waals surface area contributed by atoms with E-state index < -0.39 is 5.97 Å². The molecule has 0 aliphatic heterocycles. The van der Waals surface area contributed by atoms with E-state index in [9.17, 15) is 9.90 Å². The molecule has 1 aliphatic rings. The molecule has 21 heavy (non-hydrogen) atoms. The molecule has 0 saturated carbocycles. The second kappa shape index (κ2) is 4.91. The molecule has 2 N–H and O–H groups in total. The quantitative estimate of drug-likeness (QED) is 0.902. The third kappa shape index (κ3) is 2.51. The van der Waals surface area contributed by atoms with Crippen LogP contribution in [0.25, 0.3) is 0 Å². The van der Waals surface area contributed by atoms with E-state index in [1.54, 1.807) is 18.4 Å². The molecular weight excluding hydrogens is 268 g/mol. The van der Waals surface area contributed by atoms with Crippen molar-refractivity contribution in [2.75, 3.05) is 5.32 Å². The van der Waals surface area contributed by atoms with E-state index >= 15 is 0 Å². The maximum absolute atomic E-state index is 11.4. The van der Waals surface area contributed by atoms with E-state index in [2.05, 4.69) is 24.1 Å². The van der Waals surface area contributed by atoms with Crippen molar-refractivity contribution in [3.05, 3.63) is 47.0 Å². The number of hydrogen-bond acceptors (Lipinski definition) is 4. The smallest absolute Gasteiger partial charge is 0.339 e. The van der Waals surface area contributed by atoms with Gasteiger partial charge < -0.3 is 14.8 Å². The first-order chi connectivity index (χ1) is 9.97. The Balaban J connectivity index is 1.95. The minimum absolute atomic E-state index is 0.00647. The van der Waals surface area contributed by atoms with E-state index in [0.29, 0.717) is 12.4 Å². The summed E-state index contributed by atoms with van der Waals surface area (Å²) >= 11 is 0. The molecule has 2 heterocycles. The molecule has 2 aromatic heterocycles. The van der Waals surface area contributed by atoms with E-state index in [4.69, 9.17) is 4.42 Å². The van der Waals surface area contributed by atoms with Gasteiger partial charge in [0, 0.05) is 5.41 Å². The number of hydrogen-bond donors (Lipinski definition) is 2. The van der Waals surface area contributed by atoms with E-state index in [1.807, 2.05) is 6.07 Å². The van der Waals surface area contributed by atoms with Gasteiger partial charge in [0.05, 0.1) is 18.5 Å². The van der Waals surface area contributed by atoms with Crippen LogP contribution in [0, 0.1) is 0 Å². The Morgan fingerprint density at radius 2 is 2.33 bits per heavy atom. The SMILES string of the molecule is CC1(C)CCc2cc(C(=O)O)c(NCc3ccco3)nc21. The number of aryl methyl sites for hydroxylation is 1. The molecule has 0 aromatic carbocycles. The number of fused-ring (bicyclic) bond motifs is 1. The van der Waals surface area contributed by atoms with Crippen LogP contribution in [0.5, 0.6) is 0 Å². The van der Waals surface area contributed by atoms with Crippen LogP contribution < -0.4 is 5.32 Å². The summed E-state index contributed by atoms with van der Waals surface area (Å²) in [6.07, 6.45) is 3.47. The summed E-state index contributed by atoms with van der Waals surface area (Å²) in [4.78, 5) is 16.0. The number of carboxylic acid groups (broad SMARTS) is 1. The fraction of sp³-hybridized carbons (Fsp3) is 0.375. The largest absolute Gasteiger partial charge is 0.478 e. The molecule has 5 heteroatoms. The number of aromatic carboxylic acids is 1. The summed E-state index contributed by atoms with van der Waals surface area (Å²) in [5.74, 6) is 0.192. The molecule has 3 rings (SSSR count). The maximum atomic E-state index is 11.4. The predicted molar refractivity (Wildman–Crippen MR) is 78.6 cm³/mol. The van der Waals surface area contributed by atoms with Crippen molar-refractivity contribution in [1.82, 2.24) is 4.98 Å². The van der Waals surface area contributed by atoms with Gasteiger partial charge in [-0.2, -0.15) is 0 Å². The maximum Gasteiger partial charge on any atom is 0.339 e. The Labute approximate surface area is 123 Å². The van der Waals surface area contributed by atoms with Crippen molar-refractivity contribution >= 4 is 11.8 Å². The second-order valence-corrected chi connectivity index (χ2v) is 6.01. The van der Waals surface area contributed by atoms with Gasteiger partial charge in [0.1, 0.15) is 17.1 Å². The van der Waals surface area contributed by atoms with Gasteiger partial charge >= 0.3 is 5.97 Å². The Morgan fingerprint density at radius 3 is 3.00 bits per heavy atom. The second-order valence-electron chi connectivity index (χ2n) is 6.01. The molecule has 0 atom stereocenters. The van der Waals surface area contributed by atoms with Crippen LogP contribution in [-0.2, 0) is 18.4 Å². The third-order valence-electron chi connectivity index (χ3n) is 4.00. The number of pyridine rings is 1. The lowest BCUT2D eigenvalue weighted by Gasteiger charge is -2.19. The molecule has 110 valence electrons. The van der Waals surface area contributed by atoms with Crippen LogP contribution in [0.1, 0.15) is 47.6 Å². The van der Waals surface area contributed by atoms with Crippen molar-refractivity contribution in [3.63, 3.8) is 0 Å². The zero-order chi connectivity index (χ0) is 15.0. The Bertz CT molecular complexity index is 675. The lowest BCUT2D eigenvalue weighted by atomic mass is 9.90. The molecule has 0 radical (unpaired) electrons. The highest BCUT2D eigenvalue weighted by Crippen LogP contribution is 2.38. The highest BCUT2D eigenvalue weighted by Gasteiger charge is 2.33. The zero-order valence-corrected chi connectivity index (χ0v) is 12.1. The number of furan rings is 1. The fourth-order valence-electron chi connectivity index (χ4n) is 2.78. The van der Waals surface area contributed by atoms with Crippen LogP contribution >= 0.6 is 0 Å². The van der Waals surface area contributed by atoms with Gasteiger partial charge in [0.15, 0.2) is 0 Å². The van der Waals surface area contributed by atoms with Crippen molar-refractivity contribution in [2.24, 2.45) is 0 Å². The summed E-state index contributed by atoms with van der Waals surface area (Å²) < 4.78 is 5.25. The van der Waals surface area contributed by atoms with Crippen molar-refractivity contribution < 1.29 is 14.3 Å². The highest BCUT2D eigenvalue weighted by molar-refractivity contribution is 5.93. The minimum atomic E-state index is -0.961. The molecule has 2 aromatic rings. The monoisotopic (exact) mass is 286 g/mol. The number of nitrogens with zero attached hydrogens (tertiary/aromatic N) is 1. The third-order valence-corrected chi connectivity index (χ3v) is 4.00. The summed E-state index contributed by atoms with van der Waals surface area (Å²) in [7, 11) is 0. The average Bonchev–Trinajstić information content (AvgIpc) is 3.04. The fourth-order valence-corrected chi connectivity index (χ4v) is 2.78. The Hall–Kier alpha value is -2.30. The molecule has 0 spiro atoms. The van der Waals surface area contributed by atoms with Gasteiger partial charge in [0.25, 0.3) is 0 Å². The first-order valence-corrected chi connectivity index (χ1v) is 7.01. The van der Waals surface area contributed by atoms with E-state index in [0.717, 1.165) is 29.9 Å². The van der Waals surface area contributed by atoms with Crippen LogP contribution in [0.4, 0.5) is 5.82 Å². The number of rotatable bonds is 4. The van der Waals surface area contributed by atoms with Crippen LogP contribution in [-0.4, -0.2) is 16.1 Å². The van der Waals surface area contributed by atoms with Crippen molar-refractivity contribution in [2.45, 2.75) is 38.6 Å². The highest BCUT2D eigenvalue weighted by atomic mass is 16.4. The molecule has 0 fully saturated rings. The number of nitrogens with one attached hydrogen (secondary N) is 1. The van der Waals surface area contributed by atoms with Crippen molar-refractivity contribution in [3.8, 4) is 0 Å². The zero-order valence-electron chi connectivity index (χ0n) is 12.1. The van der Waals surface area contributed by atoms with Gasteiger partial charge in [-0.25, -0.2) is 9.78 Å². The number of aromatic nitrogens is 1. The van der Waals surface area contributed by atoms with Crippen LogP contribution in [0.3, 0.4) is 0 Å². The molecule has 0 unspecified atom stereocenters. The first kappa shape index (κ1) is 13.7. The molecule has 5 nitrogen and oxygen atoms in total. The van der Waals surface area contributed by atoms with Crippen molar-refractivity contribution in [1.29, 1.82) is 0 Å². The molecular formula is C16H18N2O3. The molecule has 0 bridgehead atoms. The standard InChI is InChI=1S/C16H18N2O3/c1-16(2)6-5-10-8-12(15(19)20)14(18-13(10)16)17-9-11-4-3-7-21-11/h3-4,7-8H,5-6,9H2,1-2H3,(H,17,18)(H,19,20). The van der Waals surface area contributed by atoms with Gasteiger partial charge in [-0.1, -0.05) is 13.8 Å². The average molecular weight is 286 g/mol. The minimum Gasteiger partial charge on any atom is -0.478 e. The number of carbonyl (C=O) groups is 1. The molecule has 1 aliphatic carbocycles. The van der Waals surface area contributed by atoms with Gasteiger partial charge in [-0.3, -0.25) is 0 Å². The van der Waals surface area contributed by atoms with Gasteiger partial charge in [-0.15, -0.1) is 0 Å². The van der Waals surface area contributed by atoms with Crippen LogP contribution in [0.2, 0.25) is 0 Å².